The Morgan fingerprint density at radius 1 is 1.21 bits per heavy atom. The molecule has 0 aromatic heterocycles. The van der Waals surface area contributed by atoms with Crippen molar-refractivity contribution in [3.63, 3.8) is 0 Å². The van der Waals surface area contributed by atoms with Crippen LogP contribution in [0.5, 0.6) is 11.5 Å². The number of ether oxygens (including phenoxy) is 3. The Morgan fingerprint density at radius 2 is 1.89 bits per heavy atom. The van der Waals surface area contributed by atoms with Gasteiger partial charge in [-0.05, 0) is 39.8 Å². The van der Waals surface area contributed by atoms with Crippen molar-refractivity contribution in [3.05, 3.63) is 23.8 Å². The molecule has 108 valence electrons. The van der Waals surface area contributed by atoms with E-state index in [2.05, 4.69) is 0 Å². The van der Waals surface area contributed by atoms with E-state index in [9.17, 15) is 5.11 Å². The standard InChI is InChI=1S/C15H24O4/c1-11(16)13-7-6-12(17-5)10-14(13)18-8-9-19-15(2,3)4/h6-7,10-11,16H,8-9H2,1-5H3. The van der Waals surface area contributed by atoms with Gasteiger partial charge < -0.3 is 19.3 Å². The second-order valence-corrected chi connectivity index (χ2v) is 5.39. The molecule has 4 heteroatoms. The molecule has 19 heavy (non-hydrogen) atoms. The highest BCUT2D eigenvalue weighted by atomic mass is 16.5. The molecule has 0 radical (unpaired) electrons. The molecule has 4 nitrogen and oxygen atoms in total. The molecule has 0 bridgehead atoms. The Hall–Kier alpha value is -1.26. The number of benzene rings is 1. The average Bonchev–Trinajstić information content (AvgIpc) is 2.33. The van der Waals surface area contributed by atoms with Crippen LogP contribution in [0.3, 0.4) is 0 Å². The van der Waals surface area contributed by atoms with Crippen molar-refractivity contribution >= 4 is 0 Å². The lowest BCUT2D eigenvalue weighted by Crippen LogP contribution is -2.22. The fourth-order valence-corrected chi connectivity index (χ4v) is 1.61. The predicted octanol–water partition coefficient (Wildman–Crippen LogP) is 2.94. The minimum atomic E-state index is -0.579. The van der Waals surface area contributed by atoms with Gasteiger partial charge in [-0.2, -0.15) is 0 Å². The molecule has 0 aliphatic carbocycles. The Labute approximate surface area is 115 Å². The maximum Gasteiger partial charge on any atom is 0.128 e. The first-order chi connectivity index (χ1) is 8.83. The van der Waals surface area contributed by atoms with E-state index < -0.39 is 6.10 Å². The molecular weight excluding hydrogens is 244 g/mol. The van der Waals surface area contributed by atoms with Gasteiger partial charge in [0, 0.05) is 11.6 Å². The summed E-state index contributed by atoms with van der Waals surface area (Å²) in [5.74, 6) is 1.34. The molecule has 0 aliphatic heterocycles. The highest BCUT2D eigenvalue weighted by Gasteiger charge is 2.12. The first-order valence-corrected chi connectivity index (χ1v) is 6.46. The topological polar surface area (TPSA) is 47.9 Å². The van der Waals surface area contributed by atoms with E-state index >= 15 is 0 Å². The highest BCUT2D eigenvalue weighted by Crippen LogP contribution is 2.29. The zero-order valence-electron chi connectivity index (χ0n) is 12.4. The quantitative estimate of drug-likeness (QED) is 0.806. The number of hydrogen-bond donors (Lipinski definition) is 1. The van der Waals surface area contributed by atoms with Crippen molar-refractivity contribution in [1.82, 2.24) is 0 Å². The van der Waals surface area contributed by atoms with Crippen LogP contribution in [0.25, 0.3) is 0 Å². The first-order valence-electron chi connectivity index (χ1n) is 6.46. The zero-order valence-corrected chi connectivity index (χ0v) is 12.4. The third-order valence-corrected chi connectivity index (χ3v) is 2.55. The van der Waals surface area contributed by atoms with Gasteiger partial charge in [0.15, 0.2) is 0 Å². The number of methoxy groups -OCH3 is 1. The van der Waals surface area contributed by atoms with Crippen LogP contribution in [-0.2, 0) is 4.74 Å². The normalized spacial score (nSPS) is 13.2. The summed E-state index contributed by atoms with van der Waals surface area (Å²) in [7, 11) is 1.60. The molecule has 0 aliphatic rings. The third kappa shape index (κ3) is 5.49. The molecule has 0 amide bonds. The van der Waals surface area contributed by atoms with Gasteiger partial charge in [0.25, 0.3) is 0 Å². The number of aliphatic hydroxyl groups is 1. The molecule has 1 aromatic carbocycles. The van der Waals surface area contributed by atoms with Crippen LogP contribution in [0.4, 0.5) is 0 Å². The Bertz CT molecular complexity index is 394. The summed E-state index contributed by atoms with van der Waals surface area (Å²) in [5.41, 5.74) is 0.571. The van der Waals surface area contributed by atoms with Crippen LogP contribution >= 0.6 is 0 Å². The minimum Gasteiger partial charge on any atom is -0.497 e. The zero-order chi connectivity index (χ0) is 14.5. The number of aliphatic hydroxyl groups excluding tert-OH is 1. The lowest BCUT2D eigenvalue weighted by atomic mass is 10.1. The van der Waals surface area contributed by atoms with Crippen molar-refractivity contribution in [2.75, 3.05) is 20.3 Å². The maximum atomic E-state index is 9.70. The minimum absolute atomic E-state index is 0.176. The van der Waals surface area contributed by atoms with E-state index in [1.165, 1.54) is 0 Å². The van der Waals surface area contributed by atoms with Crippen molar-refractivity contribution in [3.8, 4) is 11.5 Å². The van der Waals surface area contributed by atoms with Crippen LogP contribution in [0.1, 0.15) is 39.4 Å². The highest BCUT2D eigenvalue weighted by molar-refractivity contribution is 5.41. The lowest BCUT2D eigenvalue weighted by Gasteiger charge is -2.20. The molecule has 1 N–H and O–H groups in total. The van der Waals surface area contributed by atoms with Crippen molar-refractivity contribution < 1.29 is 19.3 Å². The summed E-state index contributed by atoms with van der Waals surface area (Å²) in [6.45, 7) is 8.64. The fourth-order valence-electron chi connectivity index (χ4n) is 1.61. The first kappa shape index (κ1) is 15.8. The van der Waals surface area contributed by atoms with Gasteiger partial charge in [0.2, 0.25) is 0 Å². The fraction of sp³-hybridized carbons (Fsp3) is 0.600. The molecule has 0 spiro atoms. The van der Waals surface area contributed by atoms with Gasteiger partial charge in [-0.1, -0.05) is 0 Å². The van der Waals surface area contributed by atoms with Gasteiger partial charge in [0.05, 0.1) is 25.4 Å². The number of rotatable bonds is 6. The molecule has 0 saturated carbocycles. The van der Waals surface area contributed by atoms with E-state index in [0.29, 0.717) is 24.7 Å². The maximum absolute atomic E-state index is 9.70. The summed E-state index contributed by atoms with van der Waals surface area (Å²) in [6, 6.07) is 5.39. The van der Waals surface area contributed by atoms with E-state index in [1.807, 2.05) is 26.8 Å². The molecule has 1 atom stereocenters. The van der Waals surface area contributed by atoms with Crippen molar-refractivity contribution in [1.29, 1.82) is 0 Å². The van der Waals surface area contributed by atoms with Crippen LogP contribution in [0.15, 0.2) is 18.2 Å². The molecule has 1 unspecified atom stereocenters. The lowest BCUT2D eigenvalue weighted by molar-refractivity contribution is -0.0166. The summed E-state index contributed by atoms with van der Waals surface area (Å²) >= 11 is 0. The van der Waals surface area contributed by atoms with Gasteiger partial charge in [-0.3, -0.25) is 0 Å². The second-order valence-electron chi connectivity index (χ2n) is 5.39. The summed E-state index contributed by atoms with van der Waals surface area (Å²) < 4.78 is 16.4. The van der Waals surface area contributed by atoms with E-state index in [1.54, 1.807) is 26.2 Å². The monoisotopic (exact) mass is 268 g/mol. The van der Waals surface area contributed by atoms with Crippen LogP contribution in [0.2, 0.25) is 0 Å². The van der Waals surface area contributed by atoms with E-state index in [0.717, 1.165) is 5.56 Å². The molecule has 0 saturated heterocycles. The SMILES string of the molecule is COc1ccc(C(C)O)c(OCCOC(C)(C)C)c1. The average molecular weight is 268 g/mol. The van der Waals surface area contributed by atoms with E-state index in [4.69, 9.17) is 14.2 Å². The summed E-state index contributed by atoms with van der Waals surface area (Å²) in [6.07, 6.45) is -0.579. The Kier molecular flexibility index (Phi) is 5.63. The largest absolute Gasteiger partial charge is 0.497 e. The molecule has 1 aromatic rings. The van der Waals surface area contributed by atoms with Crippen molar-refractivity contribution in [2.24, 2.45) is 0 Å². The number of hydrogen-bond acceptors (Lipinski definition) is 4. The Balaban J connectivity index is 2.65. The molecular formula is C15H24O4. The van der Waals surface area contributed by atoms with Crippen LogP contribution in [0, 0.1) is 0 Å². The molecule has 1 rings (SSSR count). The summed E-state index contributed by atoms with van der Waals surface area (Å²) in [5, 5.41) is 9.70. The van der Waals surface area contributed by atoms with Gasteiger partial charge in [-0.15, -0.1) is 0 Å². The molecule has 0 heterocycles. The second kappa shape index (κ2) is 6.78. The smallest absolute Gasteiger partial charge is 0.128 e. The summed E-state index contributed by atoms with van der Waals surface area (Å²) in [4.78, 5) is 0. The third-order valence-electron chi connectivity index (χ3n) is 2.55. The van der Waals surface area contributed by atoms with Crippen LogP contribution < -0.4 is 9.47 Å². The van der Waals surface area contributed by atoms with Crippen molar-refractivity contribution in [2.45, 2.75) is 39.4 Å². The predicted molar refractivity (Wildman–Crippen MR) is 74.8 cm³/mol. The molecule has 0 fully saturated rings. The van der Waals surface area contributed by atoms with Gasteiger partial charge in [0.1, 0.15) is 18.1 Å². The van der Waals surface area contributed by atoms with Crippen LogP contribution in [-0.4, -0.2) is 31.0 Å². The van der Waals surface area contributed by atoms with E-state index in [-0.39, 0.29) is 5.60 Å². The van der Waals surface area contributed by atoms with Gasteiger partial charge in [-0.25, -0.2) is 0 Å². The Morgan fingerprint density at radius 3 is 2.42 bits per heavy atom. The van der Waals surface area contributed by atoms with Gasteiger partial charge >= 0.3 is 0 Å².